The van der Waals surface area contributed by atoms with E-state index < -0.39 is 5.60 Å². The Morgan fingerprint density at radius 2 is 2.36 bits per heavy atom. The maximum absolute atomic E-state index is 10.8. The van der Waals surface area contributed by atoms with Crippen LogP contribution in [0.5, 0.6) is 0 Å². The molecule has 1 heterocycles. The van der Waals surface area contributed by atoms with Crippen molar-refractivity contribution in [3.05, 3.63) is 12.2 Å². The summed E-state index contributed by atoms with van der Waals surface area (Å²) in [5, 5.41) is 0. The van der Waals surface area contributed by atoms with Gasteiger partial charge in [0.25, 0.3) is 0 Å². The number of epoxide rings is 1. The highest BCUT2D eigenvalue weighted by molar-refractivity contribution is 5.81. The van der Waals surface area contributed by atoms with Crippen molar-refractivity contribution in [1.29, 1.82) is 0 Å². The minimum absolute atomic E-state index is 0.343. The molecule has 1 saturated heterocycles. The van der Waals surface area contributed by atoms with Gasteiger partial charge >= 0.3 is 5.97 Å². The maximum atomic E-state index is 10.8. The van der Waals surface area contributed by atoms with Crippen LogP contribution in [0.2, 0.25) is 0 Å². The van der Waals surface area contributed by atoms with Gasteiger partial charge in [0.05, 0.1) is 13.2 Å². The number of carbonyl (C=O) groups is 2. The fourth-order valence-electron chi connectivity index (χ4n) is 1.06. The molecular formula is C10H14O4. The SMILES string of the molecule is CCOC(=O)/C=C/CC[C@@]1(C=O)CO1. The number of allylic oxidation sites excluding steroid dienone is 1. The van der Waals surface area contributed by atoms with Crippen LogP contribution in [0.3, 0.4) is 0 Å². The molecule has 14 heavy (non-hydrogen) atoms. The number of hydrogen-bond acceptors (Lipinski definition) is 4. The second kappa shape index (κ2) is 4.91. The molecule has 1 atom stereocenters. The first kappa shape index (κ1) is 10.9. The zero-order chi connectivity index (χ0) is 10.4. The number of esters is 1. The van der Waals surface area contributed by atoms with Gasteiger partial charge in [0, 0.05) is 6.08 Å². The number of rotatable bonds is 6. The first-order chi connectivity index (χ1) is 6.72. The third-order valence-corrected chi connectivity index (χ3v) is 2.00. The van der Waals surface area contributed by atoms with Crippen LogP contribution in [0, 0.1) is 0 Å². The highest BCUT2D eigenvalue weighted by Crippen LogP contribution is 2.29. The lowest BCUT2D eigenvalue weighted by Crippen LogP contribution is -2.11. The minimum atomic E-state index is -0.557. The standard InChI is InChI=1S/C10H14O4/c1-2-13-9(12)5-3-4-6-10(7-11)8-14-10/h3,5,7H,2,4,6,8H2,1H3/b5-3+/t10-/m1/s1. The van der Waals surface area contributed by atoms with Crippen LogP contribution in [-0.4, -0.2) is 31.1 Å². The van der Waals surface area contributed by atoms with E-state index in [0.717, 1.165) is 6.29 Å². The first-order valence-corrected chi connectivity index (χ1v) is 4.66. The molecule has 0 N–H and O–H groups in total. The fraction of sp³-hybridized carbons (Fsp3) is 0.600. The topological polar surface area (TPSA) is 55.9 Å². The summed E-state index contributed by atoms with van der Waals surface area (Å²) in [5.74, 6) is -0.343. The van der Waals surface area contributed by atoms with Gasteiger partial charge in [-0.1, -0.05) is 6.08 Å². The van der Waals surface area contributed by atoms with Crippen molar-refractivity contribution in [3.63, 3.8) is 0 Å². The molecular weight excluding hydrogens is 184 g/mol. The van der Waals surface area contributed by atoms with Gasteiger partial charge in [0.15, 0.2) is 6.29 Å². The smallest absolute Gasteiger partial charge is 0.330 e. The van der Waals surface area contributed by atoms with Crippen molar-refractivity contribution in [2.45, 2.75) is 25.4 Å². The predicted octanol–water partition coefficient (Wildman–Crippen LogP) is 0.854. The molecule has 4 nitrogen and oxygen atoms in total. The van der Waals surface area contributed by atoms with Gasteiger partial charge in [-0.3, -0.25) is 0 Å². The van der Waals surface area contributed by atoms with Gasteiger partial charge in [-0.25, -0.2) is 4.79 Å². The van der Waals surface area contributed by atoms with Gasteiger partial charge in [-0.2, -0.15) is 0 Å². The second-order valence-corrected chi connectivity index (χ2v) is 3.16. The average molecular weight is 198 g/mol. The highest BCUT2D eigenvalue weighted by Gasteiger charge is 2.43. The van der Waals surface area contributed by atoms with Crippen LogP contribution in [0.1, 0.15) is 19.8 Å². The van der Waals surface area contributed by atoms with Crippen molar-refractivity contribution in [2.24, 2.45) is 0 Å². The Kier molecular flexibility index (Phi) is 3.83. The van der Waals surface area contributed by atoms with Crippen molar-refractivity contribution >= 4 is 12.3 Å². The van der Waals surface area contributed by atoms with E-state index in [2.05, 4.69) is 4.74 Å². The Balaban J connectivity index is 2.14. The van der Waals surface area contributed by atoms with Crippen LogP contribution in [0.4, 0.5) is 0 Å². The van der Waals surface area contributed by atoms with E-state index in [9.17, 15) is 9.59 Å². The average Bonchev–Trinajstić information content (AvgIpc) is 2.94. The van der Waals surface area contributed by atoms with E-state index in [1.54, 1.807) is 13.0 Å². The molecule has 1 aliphatic heterocycles. The molecule has 1 fully saturated rings. The number of carbonyl (C=O) groups excluding carboxylic acids is 2. The van der Waals surface area contributed by atoms with E-state index in [0.29, 0.717) is 26.1 Å². The normalized spacial score (nSPS) is 24.9. The molecule has 0 aliphatic carbocycles. The van der Waals surface area contributed by atoms with Crippen molar-refractivity contribution in [2.75, 3.05) is 13.2 Å². The zero-order valence-electron chi connectivity index (χ0n) is 8.19. The second-order valence-electron chi connectivity index (χ2n) is 3.16. The van der Waals surface area contributed by atoms with Crippen LogP contribution in [0.25, 0.3) is 0 Å². The van der Waals surface area contributed by atoms with Crippen LogP contribution in [0.15, 0.2) is 12.2 Å². The zero-order valence-corrected chi connectivity index (χ0v) is 8.19. The van der Waals surface area contributed by atoms with Gasteiger partial charge in [-0.05, 0) is 19.8 Å². The molecule has 78 valence electrons. The molecule has 0 aromatic carbocycles. The van der Waals surface area contributed by atoms with Gasteiger partial charge in [-0.15, -0.1) is 0 Å². The Morgan fingerprint density at radius 3 is 2.86 bits per heavy atom. The van der Waals surface area contributed by atoms with E-state index in [1.807, 2.05) is 0 Å². The van der Waals surface area contributed by atoms with Crippen molar-refractivity contribution in [3.8, 4) is 0 Å². The number of ether oxygens (including phenoxy) is 2. The summed E-state index contributed by atoms with van der Waals surface area (Å²) in [7, 11) is 0. The molecule has 0 aromatic heterocycles. The number of hydrogen-bond donors (Lipinski definition) is 0. The highest BCUT2D eigenvalue weighted by atomic mass is 16.6. The molecule has 0 radical (unpaired) electrons. The third-order valence-electron chi connectivity index (χ3n) is 2.00. The van der Waals surface area contributed by atoms with Gasteiger partial charge in [0.1, 0.15) is 5.60 Å². The lowest BCUT2D eigenvalue weighted by atomic mass is 10.1. The summed E-state index contributed by atoms with van der Waals surface area (Å²) in [6.07, 6.45) is 5.18. The Bertz CT molecular complexity index is 241. The number of aldehydes is 1. The molecule has 0 spiro atoms. The minimum Gasteiger partial charge on any atom is -0.463 e. The Hall–Kier alpha value is -1.16. The maximum Gasteiger partial charge on any atom is 0.330 e. The molecule has 0 saturated carbocycles. The fourth-order valence-corrected chi connectivity index (χ4v) is 1.06. The van der Waals surface area contributed by atoms with E-state index in [4.69, 9.17) is 4.74 Å². The Labute approximate surface area is 82.9 Å². The first-order valence-electron chi connectivity index (χ1n) is 4.66. The van der Waals surface area contributed by atoms with Crippen LogP contribution >= 0.6 is 0 Å². The molecule has 0 bridgehead atoms. The molecule has 0 aromatic rings. The van der Waals surface area contributed by atoms with E-state index >= 15 is 0 Å². The monoisotopic (exact) mass is 198 g/mol. The lowest BCUT2D eigenvalue weighted by Gasteiger charge is -1.98. The molecule has 1 rings (SSSR count). The quantitative estimate of drug-likeness (QED) is 0.275. The lowest BCUT2D eigenvalue weighted by molar-refractivity contribution is -0.137. The molecule has 4 heteroatoms. The summed E-state index contributed by atoms with van der Waals surface area (Å²) in [6, 6.07) is 0. The summed E-state index contributed by atoms with van der Waals surface area (Å²) >= 11 is 0. The van der Waals surface area contributed by atoms with Crippen molar-refractivity contribution < 1.29 is 19.1 Å². The molecule has 0 amide bonds. The van der Waals surface area contributed by atoms with E-state index in [-0.39, 0.29) is 5.97 Å². The predicted molar refractivity (Wildman–Crippen MR) is 49.8 cm³/mol. The largest absolute Gasteiger partial charge is 0.463 e. The summed E-state index contributed by atoms with van der Waals surface area (Å²) in [6.45, 7) is 2.64. The third kappa shape index (κ3) is 3.30. The van der Waals surface area contributed by atoms with Crippen LogP contribution in [-0.2, 0) is 19.1 Å². The van der Waals surface area contributed by atoms with E-state index in [1.165, 1.54) is 6.08 Å². The summed E-state index contributed by atoms with van der Waals surface area (Å²) in [5.41, 5.74) is -0.557. The summed E-state index contributed by atoms with van der Waals surface area (Å²) < 4.78 is 9.67. The Morgan fingerprint density at radius 1 is 1.64 bits per heavy atom. The summed E-state index contributed by atoms with van der Waals surface area (Å²) in [4.78, 5) is 21.3. The molecule has 0 unspecified atom stereocenters. The van der Waals surface area contributed by atoms with Crippen LogP contribution < -0.4 is 0 Å². The van der Waals surface area contributed by atoms with Crippen molar-refractivity contribution in [1.82, 2.24) is 0 Å². The van der Waals surface area contributed by atoms with Gasteiger partial charge < -0.3 is 14.3 Å². The molecule has 1 aliphatic rings. The van der Waals surface area contributed by atoms with Gasteiger partial charge in [0.2, 0.25) is 0 Å².